The summed E-state index contributed by atoms with van der Waals surface area (Å²) in [6.45, 7) is 3.92. The summed E-state index contributed by atoms with van der Waals surface area (Å²) in [5, 5.41) is 0. The number of fused-ring (bicyclic) bond motifs is 1. The highest BCUT2D eigenvalue weighted by atomic mass is 16.8. The summed E-state index contributed by atoms with van der Waals surface area (Å²) in [5.41, 5.74) is 0. The number of ether oxygens (including phenoxy) is 4. The average Bonchev–Trinajstić information content (AvgIpc) is 2.40. The van der Waals surface area contributed by atoms with E-state index < -0.39 is 18.2 Å². The van der Waals surface area contributed by atoms with Crippen LogP contribution in [0.25, 0.3) is 0 Å². The van der Waals surface area contributed by atoms with E-state index in [1.807, 2.05) is 0 Å². The number of Topliss-reactive ketones (excluding diaryl/α,β-unsaturated/α-hetero) is 1. The van der Waals surface area contributed by atoms with E-state index >= 15 is 0 Å². The summed E-state index contributed by atoms with van der Waals surface area (Å²) in [6.07, 6.45) is -1.08. The van der Waals surface area contributed by atoms with Crippen molar-refractivity contribution in [2.75, 3.05) is 13.7 Å². The molecule has 0 aliphatic carbocycles. The highest BCUT2D eigenvalue weighted by Gasteiger charge is 2.47. The zero-order chi connectivity index (χ0) is 11.1. The fourth-order valence-electron chi connectivity index (χ4n) is 1.92. The third-order valence-corrected chi connectivity index (χ3v) is 2.58. The van der Waals surface area contributed by atoms with Gasteiger partial charge in [0.05, 0.1) is 13.0 Å². The Morgan fingerprint density at radius 1 is 1.40 bits per heavy atom. The van der Waals surface area contributed by atoms with Crippen LogP contribution >= 0.6 is 0 Å². The first-order valence-electron chi connectivity index (χ1n) is 5.04. The second-order valence-electron chi connectivity index (χ2n) is 4.26. The van der Waals surface area contributed by atoms with Gasteiger partial charge < -0.3 is 18.9 Å². The lowest BCUT2D eigenvalue weighted by molar-refractivity contribution is -0.181. The molecule has 0 saturated carbocycles. The summed E-state index contributed by atoms with van der Waals surface area (Å²) in [5.74, 6) is -0.719. The van der Waals surface area contributed by atoms with Crippen LogP contribution in [0.4, 0.5) is 0 Å². The first-order chi connectivity index (χ1) is 7.02. The molecule has 5 nitrogen and oxygen atoms in total. The van der Waals surface area contributed by atoms with Gasteiger partial charge in [-0.3, -0.25) is 4.79 Å². The fourth-order valence-corrected chi connectivity index (χ4v) is 1.92. The Labute approximate surface area is 88.6 Å². The smallest absolute Gasteiger partial charge is 0.169 e. The first-order valence-corrected chi connectivity index (χ1v) is 5.04. The van der Waals surface area contributed by atoms with Crippen LogP contribution in [0.1, 0.15) is 20.3 Å². The van der Waals surface area contributed by atoms with Crippen LogP contribution in [0.15, 0.2) is 0 Å². The molecule has 2 fully saturated rings. The molecule has 5 heteroatoms. The number of rotatable bonds is 1. The second-order valence-corrected chi connectivity index (χ2v) is 4.26. The Morgan fingerprint density at radius 3 is 2.80 bits per heavy atom. The molecule has 0 aromatic heterocycles. The van der Waals surface area contributed by atoms with Gasteiger partial charge in [-0.05, 0) is 13.8 Å². The average molecular weight is 216 g/mol. The predicted octanol–water partition coefficient (Wildman–Crippen LogP) is 0.468. The van der Waals surface area contributed by atoms with Gasteiger partial charge in [-0.2, -0.15) is 0 Å². The topological polar surface area (TPSA) is 54.0 Å². The Bertz CT molecular complexity index is 263. The molecule has 2 aliphatic heterocycles. The van der Waals surface area contributed by atoms with Crippen molar-refractivity contribution in [3.63, 3.8) is 0 Å². The summed E-state index contributed by atoms with van der Waals surface area (Å²) < 4.78 is 21.5. The second kappa shape index (κ2) is 3.83. The lowest BCUT2D eigenvalue weighted by Gasteiger charge is -2.19. The van der Waals surface area contributed by atoms with E-state index in [0.29, 0.717) is 6.61 Å². The molecule has 0 spiro atoms. The molecule has 0 unspecified atom stereocenters. The third kappa shape index (κ3) is 2.20. The summed E-state index contributed by atoms with van der Waals surface area (Å²) in [4.78, 5) is 11.8. The Balaban J connectivity index is 2.09. The molecule has 2 saturated heterocycles. The zero-order valence-electron chi connectivity index (χ0n) is 9.19. The fraction of sp³-hybridized carbons (Fsp3) is 0.900. The van der Waals surface area contributed by atoms with Crippen molar-refractivity contribution in [1.82, 2.24) is 0 Å². The standard InChI is InChI=1S/C10H16O5/c1-10(2)14-7-5-13-8(12-3)4-6(11)9(7)15-10/h7-9H,4-5H2,1-3H3/t7-,8-,9+/m1/s1. The molecule has 0 N–H and O–H groups in total. The predicted molar refractivity (Wildman–Crippen MR) is 50.2 cm³/mol. The van der Waals surface area contributed by atoms with Crippen LogP contribution in [0, 0.1) is 0 Å². The Hall–Kier alpha value is -0.490. The van der Waals surface area contributed by atoms with Crippen molar-refractivity contribution in [2.45, 2.75) is 44.6 Å². The van der Waals surface area contributed by atoms with Gasteiger partial charge >= 0.3 is 0 Å². The van der Waals surface area contributed by atoms with Crippen LogP contribution in [-0.2, 0) is 23.7 Å². The van der Waals surface area contributed by atoms with Gasteiger partial charge in [0.2, 0.25) is 0 Å². The number of hydrogen-bond donors (Lipinski definition) is 0. The molecule has 86 valence electrons. The van der Waals surface area contributed by atoms with E-state index in [2.05, 4.69) is 0 Å². The van der Waals surface area contributed by atoms with E-state index in [1.54, 1.807) is 13.8 Å². The molecular formula is C10H16O5. The van der Waals surface area contributed by atoms with E-state index in [0.717, 1.165) is 0 Å². The summed E-state index contributed by atoms with van der Waals surface area (Å²) in [7, 11) is 1.52. The van der Waals surface area contributed by atoms with Gasteiger partial charge in [0.1, 0.15) is 12.2 Å². The van der Waals surface area contributed by atoms with Crippen molar-refractivity contribution < 1.29 is 23.7 Å². The zero-order valence-corrected chi connectivity index (χ0v) is 9.19. The number of methoxy groups -OCH3 is 1. The van der Waals surface area contributed by atoms with Gasteiger partial charge in [-0.1, -0.05) is 0 Å². The SMILES string of the molecule is CO[C@H]1CC(=O)[C@@H]2OC(C)(C)O[C@@H]2CO1. The molecule has 0 amide bonds. The van der Waals surface area contributed by atoms with Crippen molar-refractivity contribution in [1.29, 1.82) is 0 Å². The van der Waals surface area contributed by atoms with Crippen LogP contribution in [-0.4, -0.2) is 43.8 Å². The van der Waals surface area contributed by atoms with Gasteiger partial charge in [0, 0.05) is 7.11 Å². The lowest BCUT2D eigenvalue weighted by atomic mass is 10.1. The van der Waals surface area contributed by atoms with Crippen LogP contribution in [0.2, 0.25) is 0 Å². The van der Waals surface area contributed by atoms with E-state index in [4.69, 9.17) is 18.9 Å². The number of ketones is 1. The largest absolute Gasteiger partial charge is 0.355 e. The van der Waals surface area contributed by atoms with Crippen molar-refractivity contribution in [2.24, 2.45) is 0 Å². The van der Waals surface area contributed by atoms with Crippen LogP contribution < -0.4 is 0 Å². The van der Waals surface area contributed by atoms with Gasteiger partial charge in [-0.15, -0.1) is 0 Å². The van der Waals surface area contributed by atoms with E-state index in [1.165, 1.54) is 7.11 Å². The molecule has 0 aromatic rings. The minimum absolute atomic E-state index is 0.0186. The molecule has 0 radical (unpaired) electrons. The number of carbonyl (C=O) groups is 1. The maximum absolute atomic E-state index is 11.8. The summed E-state index contributed by atoms with van der Waals surface area (Å²) in [6, 6.07) is 0. The molecule has 0 aromatic carbocycles. The molecule has 15 heavy (non-hydrogen) atoms. The maximum atomic E-state index is 11.8. The number of hydrogen-bond acceptors (Lipinski definition) is 5. The van der Waals surface area contributed by atoms with Gasteiger partial charge in [0.25, 0.3) is 0 Å². The normalized spacial score (nSPS) is 39.9. The van der Waals surface area contributed by atoms with Crippen molar-refractivity contribution >= 4 is 5.78 Å². The van der Waals surface area contributed by atoms with E-state index in [-0.39, 0.29) is 18.3 Å². The molecule has 2 aliphatic rings. The van der Waals surface area contributed by atoms with Gasteiger partial charge in [-0.25, -0.2) is 0 Å². The van der Waals surface area contributed by atoms with Crippen molar-refractivity contribution in [3.05, 3.63) is 0 Å². The first kappa shape index (κ1) is 11.0. The highest BCUT2D eigenvalue weighted by Crippen LogP contribution is 2.31. The van der Waals surface area contributed by atoms with Crippen LogP contribution in [0.3, 0.4) is 0 Å². The molecule has 2 rings (SSSR count). The molecule has 0 bridgehead atoms. The monoisotopic (exact) mass is 216 g/mol. The molecule has 3 atom stereocenters. The highest BCUT2D eigenvalue weighted by molar-refractivity contribution is 5.84. The van der Waals surface area contributed by atoms with Crippen molar-refractivity contribution in [3.8, 4) is 0 Å². The summed E-state index contributed by atoms with van der Waals surface area (Å²) >= 11 is 0. The quantitative estimate of drug-likeness (QED) is 0.637. The lowest BCUT2D eigenvalue weighted by Crippen LogP contribution is -2.31. The third-order valence-electron chi connectivity index (χ3n) is 2.58. The Morgan fingerprint density at radius 2 is 2.13 bits per heavy atom. The minimum atomic E-state index is -0.700. The van der Waals surface area contributed by atoms with Crippen LogP contribution in [0.5, 0.6) is 0 Å². The van der Waals surface area contributed by atoms with E-state index in [9.17, 15) is 4.79 Å². The maximum Gasteiger partial charge on any atom is 0.169 e. The number of carbonyl (C=O) groups excluding carboxylic acids is 1. The molecular weight excluding hydrogens is 200 g/mol. The Kier molecular flexibility index (Phi) is 2.81. The molecule has 2 heterocycles. The van der Waals surface area contributed by atoms with Gasteiger partial charge in [0.15, 0.2) is 17.9 Å². The minimum Gasteiger partial charge on any atom is -0.355 e.